The van der Waals surface area contributed by atoms with Crippen LogP contribution in [0.1, 0.15) is 77.2 Å². The number of piperazine rings is 1. The summed E-state index contributed by atoms with van der Waals surface area (Å²) in [5, 5.41) is 2.96. The van der Waals surface area contributed by atoms with Crippen molar-refractivity contribution >= 4 is 12.2 Å². The van der Waals surface area contributed by atoms with Gasteiger partial charge in [-0.1, -0.05) is 20.8 Å². The van der Waals surface area contributed by atoms with Crippen LogP contribution in [0.4, 0.5) is 5.82 Å². The Morgan fingerprint density at radius 3 is 2.50 bits per heavy atom. The number of hydrogen-bond donors (Lipinski definition) is 1. The van der Waals surface area contributed by atoms with Crippen LogP contribution in [0, 0.1) is 5.92 Å². The zero-order valence-electron chi connectivity index (χ0n) is 20.3. The van der Waals surface area contributed by atoms with Crippen LogP contribution in [-0.4, -0.2) is 72.8 Å². The van der Waals surface area contributed by atoms with E-state index in [4.69, 9.17) is 14.7 Å². The van der Waals surface area contributed by atoms with Crippen LogP contribution >= 0.6 is 0 Å². The molecule has 1 unspecified atom stereocenters. The molecule has 0 bridgehead atoms. The number of aromatic nitrogens is 2. The molecule has 1 aromatic heterocycles. The number of hydrogen-bond acceptors (Lipinski definition) is 6. The van der Waals surface area contributed by atoms with E-state index < -0.39 is 0 Å². The fraction of sp³-hybridized carbons (Fsp3) is 0.800. The van der Waals surface area contributed by atoms with Crippen molar-refractivity contribution in [2.24, 2.45) is 5.92 Å². The van der Waals surface area contributed by atoms with Crippen molar-refractivity contribution in [1.82, 2.24) is 20.2 Å². The monoisotopic (exact) mass is 443 g/mol. The Morgan fingerprint density at radius 2 is 1.91 bits per heavy atom. The van der Waals surface area contributed by atoms with E-state index in [9.17, 15) is 4.79 Å². The third kappa shape index (κ3) is 5.60. The van der Waals surface area contributed by atoms with Crippen molar-refractivity contribution in [2.45, 2.75) is 83.2 Å². The molecule has 3 fully saturated rings. The predicted molar refractivity (Wildman–Crippen MR) is 127 cm³/mol. The summed E-state index contributed by atoms with van der Waals surface area (Å²) >= 11 is 0. The molecule has 3 aliphatic rings. The molecule has 2 saturated heterocycles. The van der Waals surface area contributed by atoms with E-state index in [1.807, 2.05) is 0 Å². The predicted octanol–water partition coefficient (Wildman–Crippen LogP) is 3.09. The number of anilines is 1. The van der Waals surface area contributed by atoms with Crippen LogP contribution in [0.25, 0.3) is 0 Å². The number of carbonyl (C=O) groups excluding carboxylic acids is 1. The molecule has 4 rings (SSSR count). The molecular weight excluding hydrogens is 402 g/mol. The zero-order chi connectivity index (χ0) is 22.7. The van der Waals surface area contributed by atoms with E-state index >= 15 is 0 Å². The van der Waals surface area contributed by atoms with Gasteiger partial charge < -0.3 is 15.0 Å². The summed E-state index contributed by atoms with van der Waals surface area (Å²) in [6.07, 6.45) is 6.87. The van der Waals surface area contributed by atoms with Gasteiger partial charge in [0.2, 0.25) is 6.41 Å². The number of nitrogens with zero attached hydrogens (tertiary/aromatic N) is 4. The molecule has 1 saturated carbocycles. The van der Waals surface area contributed by atoms with Crippen LogP contribution in [-0.2, 0) is 14.9 Å². The molecule has 2 aliphatic heterocycles. The molecule has 1 atom stereocenters. The fourth-order valence-corrected chi connectivity index (χ4v) is 5.16. The minimum Gasteiger partial charge on any atom is -0.380 e. The number of ether oxygens (including phenoxy) is 1. The second-order valence-electron chi connectivity index (χ2n) is 11.1. The highest BCUT2D eigenvalue weighted by Gasteiger charge is 2.30. The van der Waals surface area contributed by atoms with Crippen LogP contribution in [0.15, 0.2) is 6.07 Å². The summed E-state index contributed by atoms with van der Waals surface area (Å²) in [6, 6.07) is 3.12. The first-order valence-electron chi connectivity index (χ1n) is 12.5. The third-order valence-corrected chi connectivity index (χ3v) is 7.52. The van der Waals surface area contributed by atoms with Gasteiger partial charge in [0, 0.05) is 49.1 Å². The van der Waals surface area contributed by atoms with Crippen molar-refractivity contribution in [3.63, 3.8) is 0 Å². The van der Waals surface area contributed by atoms with Gasteiger partial charge in [0.05, 0.1) is 18.9 Å². The maximum Gasteiger partial charge on any atom is 0.207 e. The summed E-state index contributed by atoms with van der Waals surface area (Å²) in [6.45, 7) is 14.8. The average Bonchev–Trinajstić information content (AvgIpc) is 2.72. The van der Waals surface area contributed by atoms with E-state index in [1.54, 1.807) is 0 Å². The third-order valence-electron chi connectivity index (χ3n) is 7.52. The largest absolute Gasteiger partial charge is 0.380 e. The number of amides is 1. The molecule has 178 valence electrons. The standard InChI is InChI=1S/C25H41N5O2/c1-18-14-30(12-11-29(18)10-9-19-5-7-21(8-6-19)26-17-31)23-13-22(20-15-32-16-20)27-24(28-23)25(2,3)4/h13,17-21H,5-12,14-16H2,1-4H3,(H,26,31). The number of carbonyl (C=O) groups is 1. The van der Waals surface area contributed by atoms with E-state index in [0.29, 0.717) is 18.0 Å². The van der Waals surface area contributed by atoms with Gasteiger partial charge in [-0.2, -0.15) is 0 Å². The number of rotatable bonds is 7. The first kappa shape index (κ1) is 23.4. The maximum absolute atomic E-state index is 10.7. The van der Waals surface area contributed by atoms with Gasteiger partial charge in [0.15, 0.2) is 0 Å². The first-order chi connectivity index (χ1) is 15.3. The summed E-state index contributed by atoms with van der Waals surface area (Å²) in [4.78, 5) is 25.7. The molecular formula is C25H41N5O2. The highest BCUT2D eigenvalue weighted by Crippen LogP contribution is 2.30. The van der Waals surface area contributed by atoms with E-state index in [2.05, 4.69) is 48.9 Å². The minimum atomic E-state index is -0.0664. The molecule has 1 aliphatic carbocycles. The lowest BCUT2D eigenvalue weighted by molar-refractivity contribution is -0.110. The van der Waals surface area contributed by atoms with Gasteiger partial charge in [0.1, 0.15) is 11.6 Å². The van der Waals surface area contributed by atoms with Crippen LogP contribution in [0.5, 0.6) is 0 Å². The highest BCUT2D eigenvalue weighted by molar-refractivity contribution is 5.46. The molecule has 1 aromatic rings. The van der Waals surface area contributed by atoms with Crippen LogP contribution in [0.2, 0.25) is 0 Å². The van der Waals surface area contributed by atoms with Gasteiger partial charge in [-0.15, -0.1) is 0 Å². The molecule has 7 nitrogen and oxygen atoms in total. The van der Waals surface area contributed by atoms with E-state index in [-0.39, 0.29) is 5.41 Å². The Labute approximate surface area is 193 Å². The summed E-state index contributed by atoms with van der Waals surface area (Å²) in [5.41, 5.74) is 1.07. The van der Waals surface area contributed by atoms with Gasteiger partial charge in [-0.05, 0) is 51.5 Å². The Balaban J connectivity index is 1.33. The molecule has 1 N–H and O–H groups in total. The Morgan fingerprint density at radius 1 is 1.16 bits per heavy atom. The molecule has 1 amide bonds. The number of nitrogens with one attached hydrogen (secondary N) is 1. The zero-order valence-corrected chi connectivity index (χ0v) is 20.3. The summed E-state index contributed by atoms with van der Waals surface area (Å²) in [7, 11) is 0. The van der Waals surface area contributed by atoms with Crippen molar-refractivity contribution in [1.29, 1.82) is 0 Å². The molecule has 3 heterocycles. The average molecular weight is 444 g/mol. The first-order valence-corrected chi connectivity index (χ1v) is 12.5. The Bertz CT molecular complexity index is 768. The molecule has 0 spiro atoms. The fourth-order valence-electron chi connectivity index (χ4n) is 5.16. The van der Waals surface area contributed by atoms with Crippen molar-refractivity contribution in [3.8, 4) is 0 Å². The van der Waals surface area contributed by atoms with Gasteiger partial charge in [-0.3, -0.25) is 9.69 Å². The molecule has 32 heavy (non-hydrogen) atoms. The van der Waals surface area contributed by atoms with E-state index in [0.717, 1.165) is 75.4 Å². The lowest BCUT2D eigenvalue weighted by atomic mass is 9.84. The SMILES string of the molecule is CC1CN(c2cc(C3COC3)nc(C(C)(C)C)n2)CCN1CCC1CCC(NC=O)CC1. The minimum absolute atomic E-state index is 0.0664. The molecule has 7 heteroatoms. The second kappa shape index (κ2) is 10.0. The quantitative estimate of drug-likeness (QED) is 0.653. The lowest BCUT2D eigenvalue weighted by Gasteiger charge is -2.41. The summed E-state index contributed by atoms with van der Waals surface area (Å²) in [5.74, 6) is 3.23. The lowest BCUT2D eigenvalue weighted by Crippen LogP contribution is -2.52. The van der Waals surface area contributed by atoms with Gasteiger partial charge >= 0.3 is 0 Å². The van der Waals surface area contributed by atoms with Crippen molar-refractivity contribution < 1.29 is 9.53 Å². The van der Waals surface area contributed by atoms with Gasteiger partial charge in [-0.25, -0.2) is 9.97 Å². The topological polar surface area (TPSA) is 70.6 Å². The van der Waals surface area contributed by atoms with Gasteiger partial charge in [0.25, 0.3) is 0 Å². The second-order valence-corrected chi connectivity index (χ2v) is 11.1. The summed E-state index contributed by atoms with van der Waals surface area (Å²) < 4.78 is 5.43. The van der Waals surface area contributed by atoms with Crippen molar-refractivity contribution in [2.75, 3.05) is 44.3 Å². The van der Waals surface area contributed by atoms with Crippen molar-refractivity contribution in [3.05, 3.63) is 17.6 Å². The molecule has 0 radical (unpaired) electrons. The molecule has 0 aromatic carbocycles. The van der Waals surface area contributed by atoms with Crippen LogP contribution in [0.3, 0.4) is 0 Å². The Kier molecular flexibility index (Phi) is 7.35. The van der Waals surface area contributed by atoms with E-state index in [1.165, 1.54) is 25.8 Å². The smallest absolute Gasteiger partial charge is 0.207 e. The van der Waals surface area contributed by atoms with Crippen LogP contribution < -0.4 is 10.2 Å². The Hall–Kier alpha value is -1.73. The maximum atomic E-state index is 10.7. The highest BCUT2D eigenvalue weighted by atomic mass is 16.5. The normalized spacial score (nSPS) is 27.8.